The van der Waals surface area contributed by atoms with Crippen LogP contribution in [0.1, 0.15) is 33.9 Å². The zero-order chi connectivity index (χ0) is 14.1. The molecule has 4 nitrogen and oxygen atoms in total. The van der Waals surface area contributed by atoms with Crippen molar-refractivity contribution in [3.05, 3.63) is 53.0 Å². The Kier molecular flexibility index (Phi) is 3.22. The van der Waals surface area contributed by atoms with Crippen molar-refractivity contribution in [2.45, 2.75) is 26.3 Å². The Morgan fingerprint density at radius 3 is 2.90 bits per heavy atom. The van der Waals surface area contributed by atoms with E-state index < -0.39 is 5.97 Å². The van der Waals surface area contributed by atoms with E-state index in [9.17, 15) is 4.79 Å². The van der Waals surface area contributed by atoms with Gasteiger partial charge < -0.3 is 14.4 Å². The highest BCUT2D eigenvalue weighted by molar-refractivity contribution is 5.88. The van der Waals surface area contributed by atoms with Crippen LogP contribution < -0.4 is 4.90 Å². The van der Waals surface area contributed by atoms with Crippen molar-refractivity contribution in [3.8, 4) is 0 Å². The van der Waals surface area contributed by atoms with Gasteiger partial charge in [0.1, 0.15) is 11.5 Å². The van der Waals surface area contributed by atoms with Crippen LogP contribution in [0.5, 0.6) is 0 Å². The number of aromatic carboxylic acids is 1. The van der Waals surface area contributed by atoms with E-state index in [0.717, 1.165) is 48.7 Å². The molecule has 104 valence electrons. The summed E-state index contributed by atoms with van der Waals surface area (Å²) in [4.78, 5) is 13.3. The summed E-state index contributed by atoms with van der Waals surface area (Å²) >= 11 is 0. The zero-order valence-electron chi connectivity index (χ0n) is 11.4. The number of carboxylic acids is 1. The van der Waals surface area contributed by atoms with Gasteiger partial charge in [0.05, 0.1) is 12.1 Å². The molecule has 1 N–H and O–H groups in total. The number of anilines is 1. The monoisotopic (exact) mass is 271 g/mol. The number of nitrogens with zero attached hydrogens (tertiary/aromatic N) is 1. The van der Waals surface area contributed by atoms with Gasteiger partial charge in [0.2, 0.25) is 0 Å². The lowest BCUT2D eigenvalue weighted by molar-refractivity contribution is 0.0696. The van der Waals surface area contributed by atoms with Gasteiger partial charge in [0.15, 0.2) is 0 Å². The summed E-state index contributed by atoms with van der Waals surface area (Å²) in [6.07, 6.45) is 1.97. The lowest BCUT2D eigenvalue weighted by Gasteiger charge is -2.30. The molecule has 0 unspecified atom stereocenters. The van der Waals surface area contributed by atoms with Gasteiger partial charge in [-0.15, -0.1) is 0 Å². The van der Waals surface area contributed by atoms with Crippen molar-refractivity contribution in [3.63, 3.8) is 0 Å². The van der Waals surface area contributed by atoms with Gasteiger partial charge in [0.25, 0.3) is 0 Å². The molecule has 0 bridgehead atoms. The first-order valence-electron chi connectivity index (χ1n) is 6.80. The molecule has 20 heavy (non-hydrogen) atoms. The van der Waals surface area contributed by atoms with E-state index in [1.807, 2.05) is 25.1 Å². The van der Waals surface area contributed by atoms with Crippen LogP contribution in [0.4, 0.5) is 5.69 Å². The van der Waals surface area contributed by atoms with Crippen LogP contribution in [0.2, 0.25) is 0 Å². The Bertz CT molecular complexity index is 645. The molecule has 1 aromatic carbocycles. The molecule has 1 aromatic heterocycles. The van der Waals surface area contributed by atoms with Gasteiger partial charge in [-0.05, 0) is 55.7 Å². The molecule has 3 rings (SSSR count). The minimum absolute atomic E-state index is 0.361. The Balaban J connectivity index is 1.88. The van der Waals surface area contributed by atoms with E-state index in [1.54, 1.807) is 12.1 Å². The van der Waals surface area contributed by atoms with Crippen molar-refractivity contribution >= 4 is 11.7 Å². The van der Waals surface area contributed by atoms with Crippen molar-refractivity contribution in [1.82, 2.24) is 0 Å². The third kappa shape index (κ3) is 2.41. The van der Waals surface area contributed by atoms with Crippen LogP contribution in [0.3, 0.4) is 0 Å². The summed E-state index contributed by atoms with van der Waals surface area (Å²) in [6, 6.07) is 9.33. The lowest BCUT2D eigenvalue weighted by atomic mass is 9.99. The number of fused-ring (bicyclic) bond motifs is 1. The molecule has 1 aliphatic rings. The third-order valence-electron chi connectivity index (χ3n) is 3.68. The summed E-state index contributed by atoms with van der Waals surface area (Å²) < 4.78 is 5.63. The summed E-state index contributed by atoms with van der Waals surface area (Å²) in [5, 5.41) is 9.06. The molecule has 0 atom stereocenters. The normalized spacial score (nSPS) is 14.2. The van der Waals surface area contributed by atoms with E-state index in [1.165, 1.54) is 0 Å². The second-order valence-electron chi connectivity index (χ2n) is 5.19. The van der Waals surface area contributed by atoms with E-state index in [4.69, 9.17) is 9.52 Å². The first-order chi connectivity index (χ1) is 9.63. The molecule has 1 aliphatic heterocycles. The lowest BCUT2D eigenvalue weighted by Crippen LogP contribution is -2.28. The fraction of sp³-hybridized carbons (Fsp3) is 0.312. The summed E-state index contributed by atoms with van der Waals surface area (Å²) in [6.45, 7) is 3.64. The van der Waals surface area contributed by atoms with Crippen LogP contribution in [0.15, 0.2) is 34.7 Å². The van der Waals surface area contributed by atoms with Gasteiger partial charge in [-0.2, -0.15) is 0 Å². The van der Waals surface area contributed by atoms with Gasteiger partial charge in [-0.1, -0.05) is 0 Å². The van der Waals surface area contributed by atoms with Crippen molar-refractivity contribution in [2.75, 3.05) is 11.4 Å². The summed E-state index contributed by atoms with van der Waals surface area (Å²) in [5.74, 6) is 0.989. The fourth-order valence-electron chi connectivity index (χ4n) is 2.73. The average Bonchev–Trinajstić information content (AvgIpc) is 2.84. The molecule has 4 heteroatoms. The van der Waals surface area contributed by atoms with Gasteiger partial charge >= 0.3 is 5.97 Å². The van der Waals surface area contributed by atoms with Crippen molar-refractivity contribution in [1.29, 1.82) is 0 Å². The maximum Gasteiger partial charge on any atom is 0.335 e. The van der Waals surface area contributed by atoms with Crippen LogP contribution in [-0.2, 0) is 13.0 Å². The van der Waals surface area contributed by atoms with Crippen molar-refractivity contribution in [2.24, 2.45) is 0 Å². The average molecular weight is 271 g/mol. The molecule has 0 spiro atoms. The van der Waals surface area contributed by atoms with Crippen LogP contribution in [0, 0.1) is 6.92 Å². The van der Waals surface area contributed by atoms with Crippen LogP contribution in [0.25, 0.3) is 0 Å². The Morgan fingerprint density at radius 1 is 1.35 bits per heavy atom. The first kappa shape index (κ1) is 12.8. The van der Waals surface area contributed by atoms with Crippen LogP contribution in [-0.4, -0.2) is 17.6 Å². The van der Waals surface area contributed by atoms with E-state index in [0.29, 0.717) is 5.56 Å². The number of rotatable bonds is 3. The minimum atomic E-state index is -0.869. The highest BCUT2D eigenvalue weighted by atomic mass is 16.4. The van der Waals surface area contributed by atoms with Crippen molar-refractivity contribution < 1.29 is 14.3 Å². The van der Waals surface area contributed by atoms with E-state index in [2.05, 4.69) is 4.90 Å². The number of aryl methyl sites for hydroxylation is 2. The molecular weight excluding hydrogens is 254 g/mol. The largest absolute Gasteiger partial charge is 0.478 e. The predicted molar refractivity (Wildman–Crippen MR) is 76.2 cm³/mol. The number of hydrogen-bond acceptors (Lipinski definition) is 3. The fourth-order valence-corrected chi connectivity index (χ4v) is 2.73. The second kappa shape index (κ2) is 5.04. The molecular formula is C16H17NO3. The maximum atomic E-state index is 11.0. The SMILES string of the molecule is Cc1ccc(CN2CCCc3cc(C(=O)O)ccc32)o1. The molecule has 0 aliphatic carbocycles. The molecule has 0 amide bonds. The van der Waals surface area contributed by atoms with Crippen LogP contribution >= 0.6 is 0 Å². The zero-order valence-corrected chi connectivity index (χ0v) is 11.4. The highest BCUT2D eigenvalue weighted by Gasteiger charge is 2.19. The standard InChI is InChI=1S/C16H17NO3/c1-11-4-6-14(20-11)10-17-8-2-3-12-9-13(16(18)19)5-7-15(12)17/h4-7,9H,2-3,8,10H2,1H3,(H,18,19). The number of benzene rings is 1. The molecule has 0 saturated heterocycles. The van der Waals surface area contributed by atoms with Gasteiger partial charge in [0, 0.05) is 12.2 Å². The van der Waals surface area contributed by atoms with E-state index in [-0.39, 0.29) is 0 Å². The predicted octanol–water partition coefficient (Wildman–Crippen LogP) is 3.24. The number of carboxylic acid groups (broad SMARTS) is 1. The quantitative estimate of drug-likeness (QED) is 0.931. The highest BCUT2D eigenvalue weighted by Crippen LogP contribution is 2.29. The summed E-state index contributed by atoms with van der Waals surface area (Å²) in [7, 11) is 0. The van der Waals surface area contributed by atoms with Gasteiger partial charge in [-0.3, -0.25) is 0 Å². The number of furan rings is 1. The number of carbonyl (C=O) groups is 1. The smallest absolute Gasteiger partial charge is 0.335 e. The Hall–Kier alpha value is -2.23. The molecule has 2 heterocycles. The Labute approximate surface area is 117 Å². The second-order valence-corrected chi connectivity index (χ2v) is 5.19. The molecule has 2 aromatic rings. The maximum absolute atomic E-state index is 11.0. The topological polar surface area (TPSA) is 53.7 Å². The summed E-state index contributed by atoms with van der Waals surface area (Å²) in [5.41, 5.74) is 2.59. The molecule has 0 fully saturated rings. The van der Waals surface area contributed by atoms with E-state index >= 15 is 0 Å². The number of hydrogen-bond donors (Lipinski definition) is 1. The van der Waals surface area contributed by atoms with Gasteiger partial charge in [-0.25, -0.2) is 4.79 Å². The molecule has 0 radical (unpaired) electrons. The minimum Gasteiger partial charge on any atom is -0.478 e. The molecule has 0 saturated carbocycles. The first-order valence-corrected chi connectivity index (χ1v) is 6.80. The Morgan fingerprint density at radius 2 is 2.20 bits per heavy atom. The third-order valence-corrected chi connectivity index (χ3v) is 3.68.